The van der Waals surface area contributed by atoms with Crippen molar-refractivity contribution in [3.8, 4) is 0 Å². The Labute approximate surface area is 138 Å². The summed E-state index contributed by atoms with van der Waals surface area (Å²) in [6, 6.07) is 20.3. The summed E-state index contributed by atoms with van der Waals surface area (Å²) < 4.78 is 0. The molecule has 23 heavy (non-hydrogen) atoms. The summed E-state index contributed by atoms with van der Waals surface area (Å²) >= 11 is 0. The van der Waals surface area contributed by atoms with Gasteiger partial charge >= 0.3 is 0 Å². The van der Waals surface area contributed by atoms with Gasteiger partial charge < -0.3 is 10.2 Å². The standard InChI is InChI=1S/C20H24N2O/c23-20(21-19-9-5-2-6-10-19)18-12-15-22(16-13-18)14-11-17-7-3-1-4-8-17/h1-10,18H,11-16H2,(H,21,23). The molecule has 0 aliphatic carbocycles. The van der Waals surface area contributed by atoms with E-state index in [4.69, 9.17) is 0 Å². The second-order valence-electron chi connectivity index (χ2n) is 6.21. The third kappa shape index (κ3) is 4.67. The zero-order valence-corrected chi connectivity index (χ0v) is 13.4. The van der Waals surface area contributed by atoms with Crippen LogP contribution in [0.4, 0.5) is 5.69 Å². The lowest BCUT2D eigenvalue weighted by Crippen LogP contribution is -2.39. The average molecular weight is 308 g/mol. The second kappa shape index (κ2) is 7.93. The molecule has 0 aromatic heterocycles. The highest BCUT2D eigenvalue weighted by atomic mass is 16.1. The van der Waals surface area contributed by atoms with Crippen LogP contribution in [-0.2, 0) is 11.2 Å². The lowest BCUT2D eigenvalue weighted by Gasteiger charge is -2.31. The van der Waals surface area contributed by atoms with Crippen molar-refractivity contribution in [2.45, 2.75) is 19.3 Å². The number of para-hydroxylation sites is 1. The molecule has 1 saturated heterocycles. The van der Waals surface area contributed by atoms with Gasteiger partial charge in [0, 0.05) is 18.2 Å². The molecule has 0 radical (unpaired) electrons. The van der Waals surface area contributed by atoms with Gasteiger partial charge in [-0.25, -0.2) is 0 Å². The Morgan fingerprint density at radius 2 is 1.57 bits per heavy atom. The minimum atomic E-state index is 0.142. The van der Waals surface area contributed by atoms with Crippen molar-refractivity contribution < 1.29 is 4.79 Å². The highest BCUT2D eigenvalue weighted by Gasteiger charge is 2.24. The van der Waals surface area contributed by atoms with Crippen LogP contribution in [0.3, 0.4) is 0 Å². The number of nitrogens with one attached hydrogen (secondary N) is 1. The van der Waals surface area contributed by atoms with Gasteiger partial charge in [-0.05, 0) is 50.0 Å². The van der Waals surface area contributed by atoms with Gasteiger partial charge in [-0.15, -0.1) is 0 Å². The van der Waals surface area contributed by atoms with Crippen LogP contribution in [0.1, 0.15) is 18.4 Å². The number of piperidine rings is 1. The minimum Gasteiger partial charge on any atom is -0.326 e. The molecule has 0 bridgehead atoms. The highest BCUT2D eigenvalue weighted by molar-refractivity contribution is 5.92. The first-order chi connectivity index (χ1) is 11.3. The summed E-state index contributed by atoms with van der Waals surface area (Å²) in [4.78, 5) is 14.8. The molecule has 0 atom stereocenters. The normalized spacial score (nSPS) is 16.2. The van der Waals surface area contributed by atoms with Crippen LogP contribution in [0.15, 0.2) is 60.7 Å². The van der Waals surface area contributed by atoms with Crippen molar-refractivity contribution in [2.75, 3.05) is 25.0 Å². The van der Waals surface area contributed by atoms with Crippen LogP contribution in [0.5, 0.6) is 0 Å². The van der Waals surface area contributed by atoms with E-state index in [2.05, 4.69) is 40.5 Å². The lowest BCUT2D eigenvalue weighted by molar-refractivity contribution is -0.121. The van der Waals surface area contributed by atoms with Crippen LogP contribution < -0.4 is 5.32 Å². The Kier molecular flexibility index (Phi) is 5.43. The first-order valence-corrected chi connectivity index (χ1v) is 8.43. The number of carbonyl (C=O) groups is 1. The molecule has 3 heteroatoms. The van der Waals surface area contributed by atoms with Crippen LogP contribution in [0.25, 0.3) is 0 Å². The van der Waals surface area contributed by atoms with Gasteiger partial charge in [0.25, 0.3) is 0 Å². The predicted molar refractivity (Wildman–Crippen MR) is 94.4 cm³/mol. The topological polar surface area (TPSA) is 32.3 Å². The van der Waals surface area contributed by atoms with E-state index in [1.807, 2.05) is 30.3 Å². The molecule has 2 aromatic rings. The smallest absolute Gasteiger partial charge is 0.227 e. The molecular formula is C20H24N2O. The molecule has 1 aliphatic rings. The molecule has 0 saturated carbocycles. The maximum absolute atomic E-state index is 12.3. The fourth-order valence-electron chi connectivity index (χ4n) is 3.12. The number of likely N-dealkylation sites (tertiary alicyclic amines) is 1. The average Bonchev–Trinajstić information content (AvgIpc) is 2.62. The number of amides is 1. The van der Waals surface area contributed by atoms with Gasteiger partial charge in [0.2, 0.25) is 5.91 Å². The Morgan fingerprint density at radius 1 is 0.957 bits per heavy atom. The third-order valence-corrected chi connectivity index (χ3v) is 4.56. The van der Waals surface area contributed by atoms with E-state index in [0.29, 0.717) is 0 Å². The number of carbonyl (C=O) groups excluding carboxylic acids is 1. The largest absolute Gasteiger partial charge is 0.326 e. The summed E-state index contributed by atoms with van der Waals surface area (Å²) in [7, 11) is 0. The number of hydrogen-bond donors (Lipinski definition) is 1. The minimum absolute atomic E-state index is 0.142. The van der Waals surface area contributed by atoms with Crippen LogP contribution >= 0.6 is 0 Å². The highest BCUT2D eigenvalue weighted by Crippen LogP contribution is 2.19. The number of benzene rings is 2. The van der Waals surface area contributed by atoms with Crippen LogP contribution in [0.2, 0.25) is 0 Å². The number of nitrogens with zero attached hydrogens (tertiary/aromatic N) is 1. The molecule has 1 N–H and O–H groups in total. The van der Waals surface area contributed by atoms with Crippen LogP contribution in [-0.4, -0.2) is 30.4 Å². The van der Waals surface area contributed by atoms with Crippen molar-refractivity contribution in [3.05, 3.63) is 66.2 Å². The van der Waals surface area contributed by atoms with Gasteiger partial charge in [0.1, 0.15) is 0 Å². The Balaban J connectivity index is 1.42. The van der Waals surface area contributed by atoms with Crippen molar-refractivity contribution >= 4 is 11.6 Å². The fourth-order valence-corrected chi connectivity index (χ4v) is 3.12. The van der Waals surface area contributed by atoms with E-state index in [0.717, 1.165) is 44.6 Å². The van der Waals surface area contributed by atoms with E-state index in [1.165, 1.54) is 5.56 Å². The second-order valence-corrected chi connectivity index (χ2v) is 6.21. The monoisotopic (exact) mass is 308 g/mol. The van der Waals surface area contributed by atoms with E-state index >= 15 is 0 Å². The van der Waals surface area contributed by atoms with Gasteiger partial charge in [-0.3, -0.25) is 4.79 Å². The van der Waals surface area contributed by atoms with E-state index in [1.54, 1.807) is 0 Å². The first kappa shape index (κ1) is 15.8. The molecule has 2 aromatic carbocycles. The maximum atomic E-state index is 12.3. The maximum Gasteiger partial charge on any atom is 0.227 e. The van der Waals surface area contributed by atoms with E-state index in [-0.39, 0.29) is 11.8 Å². The van der Waals surface area contributed by atoms with Gasteiger partial charge in [0.15, 0.2) is 0 Å². The zero-order valence-electron chi connectivity index (χ0n) is 13.4. The third-order valence-electron chi connectivity index (χ3n) is 4.56. The quantitative estimate of drug-likeness (QED) is 0.915. The molecule has 1 aliphatic heterocycles. The van der Waals surface area contributed by atoms with Crippen molar-refractivity contribution in [1.82, 2.24) is 4.90 Å². The van der Waals surface area contributed by atoms with Crippen molar-refractivity contribution in [2.24, 2.45) is 5.92 Å². The molecule has 1 fully saturated rings. The van der Waals surface area contributed by atoms with Crippen LogP contribution in [0, 0.1) is 5.92 Å². The summed E-state index contributed by atoms with van der Waals surface area (Å²) in [5, 5.41) is 3.03. The summed E-state index contributed by atoms with van der Waals surface area (Å²) in [5.74, 6) is 0.307. The van der Waals surface area contributed by atoms with Gasteiger partial charge in [-0.2, -0.15) is 0 Å². The Bertz CT molecular complexity index is 604. The molecule has 1 amide bonds. The van der Waals surface area contributed by atoms with E-state index < -0.39 is 0 Å². The van der Waals surface area contributed by atoms with E-state index in [9.17, 15) is 4.79 Å². The molecule has 0 spiro atoms. The molecule has 3 rings (SSSR count). The number of anilines is 1. The Morgan fingerprint density at radius 3 is 2.22 bits per heavy atom. The summed E-state index contributed by atoms with van der Waals surface area (Å²) in [6.07, 6.45) is 2.99. The molecule has 120 valence electrons. The molecule has 0 unspecified atom stereocenters. The lowest BCUT2D eigenvalue weighted by atomic mass is 9.95. The number of rotatable bonds is 5. The molecular weight excluding hydrogens is 284 g/mol. The van der Waals surface area contributed by atoms with Gasteiger partial charge in [0.05, 0.1) is 0 Å². The SMILES string of the molecule is O=C(Nc1ccccc1)C1CCN(CCc2ccccc2)CC1. The predicted octanol–water partition coefficient (Wildman–Crippen LogP) is 3.58. The zero-order chi connectivity index (χ0) is 15.9. The first-order valence-electron chi connectivity index (χ1n) is 8.43. The van der Waals surface area contributed by atoms with Gasteiger partial charge in [-0.1, -0.05) is 48.5 Å². The Hall–Kier alpha value is -2.13. The molecule has 3 nitrogen and oxygen atoms in total. The summed E-state index contributed by atoms with van der Waals surface area (Å²) in [6.45, 7) is 3.11. The van der Waals surface area contributed by atoms with Crippen molar-refractivity contribution in [1.29, 1.82) is 0 Å². The summed E-state index contributed by atoms with van der Waals surface area (Å²) in [5.41, 5.74) is 2.28. The number of hydrogen-bond acceptors (Lipinski definition) is 2. The van der Waals surface area contributed by atoms with Crippen molar-refractivity contribution in [3.63, 3.8) is 0 Å². The fraction of sp³-hybridized carbons (Fsp3) is 0.350. The molecule has 1 heterocycles.